The molecule has 0 aromatic heterocycles. The Morgan fingerprint density at radius 1 is 0.933 bits per heavy atom. The minimum absolute atomic E-state index is 0. The minimum atomic E-state index is 0. The van der Waals surface area contributed by atoms with Gasteiger partial charge in [0.05, 0.1) is 0 Å². The summed E-state index contributed by atoms with van der Waals surface area (Å²) >= 11 is 0. The fourth-order valence-corrected chi connectivity index (χ4v) is 1.60. The molecule has 0 spiro atoms. The van der Waals surface area contributed by atoms with Crippen LogP contribution < -0.4 is 0 Å². The van der Waals surface area contributed by atoms with Gasteiger partial charge in [-0.2, -0.15) is 0 Å². The van der Waals surface area contributed by atoms with Gasteiger partial charge in [-0.15, -0.1) is 0 Å². The Kier molecular flexibility index (Phi) is 6.12. The summed E-state index contributed by atoms with van der Waals surface area (Å²) in [4.78, 5) is 0. The topological polar surface area (TPSA) is 0 Å². The van der Waals surface area contributed by atoms with E-state index in [1.54, 1.807) is 0 Å². The molecule has 0 aliphatic carbocycles. The Morgan fingerprint density at radius 3 is 2.20 bits per heavy atom. The number of rotatable bonds is 1. The maximum absolute atomic E-state index is 3.98. The molecule has 0 bridgehead atoms. The van der Waals surface area contributed by atoms with Crippen molar-refractivity contribution in [1.82, 2.24) is 0 Å². The number of hydrogen-bond donors (Lipinski definition) is 0. The van der Waals surface area contributed by atoms with Crippen molar-refractivity contribution in [2.24, 2.45) is 0 Å². The van der Waals surface area contributed by atoms with Crippen LogP contribution in [0.1, 0.15) is 12.5 Å². The van der Waals surface area contributed by atoms with Gasteiger partial charge in [0.25, 0.3) is 0 Å². The van der Waals surface area contributed by atoms with Crippen LogP contribution in [0.2, 0.25) is 0 Å². The normalized spacial score (nSPS) is 8.87. The van der Waals surface area contributed by atoms with Crippen LogP contribution in [0.15, 0.2) is 49.0 Å². The first kappa shape index (κ1) is 14.6. The fourth-order valence-electron chi connectivity index (χ4n) is 1.60. The van der Waals surface area contributed by atoms with Gasteiger partial charge in [-0.05, 0) is 23.3 Å². The average molecular weight is 184 g/mol. The van der Waals surface area contributed by atoms with Crippen molar-refractivity contribution < 1.29 is 0 Å². The van der Waals surface area contributed by atoms with Gasteiger partial charge < -0.3 is 0 Å². The van der Waals surface area contributed by atoms with Gasteiger partial charge in [0.2, 0.25) is 0 Å². The van der Waals surface area contributed by atoms with Crippen molar-refractivity contribution in [3.05, 3.63) is 54.6 Å². The van der Waals surface area contributed by atoms with Crippen LogP contribution in [0.25, 0.3) is 16.3 Å². The van der Waals surface area contributed by atoms with E-state index in [9.17, 15) is 0 Å². The van der Waals surface area contributed by atoms with E-state index >= 15 is 0 Å². The van der Waals surface area contributed by atoms with Crippen molar-refractivity contribution in [2.75, 3.05) is 0 Å². The van der Waals surface area contributed by atoms with Crippen LogP contribution in [0.5, 0.6) is 0 Å². The molecule has 2 aromatic carbocycles. The molecule has 0 unspecified atom stereocenters. The van der Waals surface area contributed by atoms with Crippen LogP contribution in [0, 0.1) is 0 Å². The second kappa shape index (κ2) is 6.27. The molecule has 2 heteroatoms. The number of hydrogen-bond acceptors (Lipinski definition) is 0. The second-order valence-corrected chi connectivity index (χ2v) is 3.31. The Morgan fingerprint density at radius 2 is 1.53 bits per heavy atom. The van der Waals surface area contributed by atoms with Crippen LogP contribution in [0.3, 0.4) is 0 Å². The van der Waals surface area contributed by atoms with E-state index in [0.717, 1.165) is 5.57 Å². The molecule has 0 heterocycles. The van der Waals surface area contributed by atoms with Gasteiger partial charge in [0.15, 0.2) is 0 Å². The van der Waals surface area contributed by atoms with Crippen molar-refractivity contribution in [3.8, 4) is 0 Å². The summed E-state index contributed by atoms with van der Waals surface area (Å²) in [5.74, 6) is 0. The first-order valence-electron chi connectivity index (χ1n) is 4.42. The van der Waals surface area contributed by atoms with Gasteiger partial charge in [0, 0.05) is 0 Å². The van der Waals surface area contributed by atoms with Crippen molar-refractivity contribution in [2.45, 2.75) is 6.92 Å². The Labute approximate surface area is 115 Å². The number of fused-ring (bicyclic) bond motifs is 1. The van der Waals surface area contributed by atoms with E-state index in [1.807, 2.05) is 6.92 Å². The average Bonchev–Trinajstić information content (AvgIpc) is 2.17. The predicted molar refractivity (Wildman–Crippen MR) is 73.0 cm³/mol. The molecule has 0 aliphatic rings. The predicted octanol–water partition coefficient (Wildman–Crippen LogP) is 2.58. The Hall–Kier alpha value is -0.365. The number of allylic oxidation sites excluding steroid dienone is 1. The summed E-state index contributed by atoms with van der Waals surface area (Å²) in [6.07, 6.45) is 0. The first-order valence-corrected chi connectivity index (χ1v) is 4.42. The molecule has 0 saturated carbocycles. The third-order valence-corrected chi connectivity index (χ3v) is 2.25. The van der Waals surface area contributed by atoms with E-state index in [-0.39, 0.29) is 37.7 Å². The van der Waals surface area contributed by atoms with Gasteiger partial charge in [0.1, 0.15) is 0 Å². The maximum atomic E-state index is 3.98. The SMILES string of the molecule is C=C(C)c1cccc2ccccc12.[LiH].[LiH]. The van der Waals surface area contributed by atoms with Gasteiger partial charge in [-0.1, -0.05) is 54.6 Å². The van der Waals surface area contributed by atoms with E-state index in [1.165, 1.54) is 16.3 Å². The summed E-state index contributed by atoms with van der Waals surface area (Å²) in [7, 11) is 0. The third-order valence-electron chi connectivity index (χ3n) is 2.25. The van der Waals surface area contributed by atoms with Crippen LogP contribution in [-0.2, 0) is 0 Å². The van der Waals surface area contributed by atoms with Crippen LogP contribution >= 0.6 is 0 Å². The van der Waals surface area contributed by atoms with Crippen LogP contribution in [-0.4, -0.2) is 37.7 Å². The summed E-state index contributed by atoms with van der Waals surface area (Å²) in [5, 5.41) is 2.57. The summed E-state index contributed by atoms with van der Waals surface area (Å²) in [5.41, 5.74) is 2.37. The molecular formula is C13H14Li2. The van der Waals surface area contributed by atoms with Gasteiger partial charge in [-0.3, -0.25) is 0 Å². The molecule has 0 atom stereocenters. The summed E-state index contributed by atoms with van der Waals surface area (Å²) < 4.78 is 0. The molecule has 0 fully saturated rings. The molecule has 68 valence electrons. The van der Waals surface area contributed by atoms with E-state index in [0.29, 0.717) is 0 Å². The molecule has 2 rings (SSSR count). The zero-order valence-corrected chi connectivity index (χ0v) is 7.75. The molecule has 15 heavy (non-hydrogen) atoms. The first-order chi connectivity index (χ1) is 6.29. The molecule has 0 nitrogen and oxygen atoms in total. The molecule has 2 aromatic rings. The fraction of sp³-hybridized carbons (Fsp3) is 0.0769. The van der Waals surface area contributed by atoms with Gasteiger partial charge >= 0.3 is 37.7 Å². The van der Waals surface area contributed by atoms with Gasteiger partial charge in [-0.25, -0.2) is 0 Å². The zero-order valence-electron chi connectivity index (χ0n) is 7.75. The third kappa shape index (κ3) is 3.04. The van der Waals surface area contributed by atoms with Crippen molar-refractivity contribution in [3.63, 3.8) is 0 Å². The molecular weight excluding hydrogens is 170 g/mol. The van der Waals surface area contributed by atoms with E-state index in [4.69, 9.17) is 0 Å². The monoisotopic (exact) mass is 184 g/mol. The molecule has 0 amide bonds. The quantitative estimate of drug-likeness (QED) is 0.597. The molecule has 0 saturated heterocycles. The zero-order chi connectivity index (χ0) is 9.26. The van der Waals surface area contributed by atoms with E-state index in [2.05, 4.69) is 49.0 Å². The summed E-state index contributed by atoms with van der Waals surface area (Å²) in [6.45, 7) is 6.02. The molecule has 0 aliphatic heterocycles. The Bertz CT molecular complexity index is 456. The standard InChI is InChI=1S/C13H12.2Li.2H/c1-10(2)12-9-5-7-11-6-3-4-8-13(11)12;;;;/h3-9H,1H2,2H3;;;;. The Balaban J connectivity index is 0.000000980. The molecule has 0 N–H and O–H groups in total. The second-order valence-electron chi connectivity index (χ2n) is 3.31. The number of benzene rings is 2. The van der Waals surface area contributed by atoms with Crippen LogP contribution in [0.4, 0.5) is 0 Å². The molecule has 0 radical (unpaired) electrons. The van der Waals surface area contributed by atoms with Crippen molar-refractivity contribution in [1.29, 1.82) is 0 Å². The summed E-state index contributed by atoms with van der Waals surface area (Å²) in [6, 6.07) is 14.7. The van der Waals surface area contributed by atoms with Crippen molar-refractivity contribution >= 4 is 54.1 Å². The van der Waals surface area contributed by atoms with E-state index < -0.39 is 0 Å².